The van der Waals surface area contributed by atoms with Crippen LogP contribution in [0, 0.1) is 5.82 Å². The predicted octanol–water partition coefficient (Wildman–Crippen LogP) is 2.73. The fourth-order valence-electron chi connectivity index (χ4n) is 2.92. The fraction of sp³-hybridized carbons (Fsp3) is 0.158. The third kappa shape index (κ3) is 3.48. The second-order valence-corrected chi connectivity index (χ2v) is 8.10. The molecule has 1 heterocycles. The van der Waals surface area contributed by atoms with Crippen LogP contribution < -0.4 is 15.4 Å². The van der Waals surface area contributed by atoms with E-state index >= 15 is 0 Å². The maximum atomic E-state index is 14.1. The van der Waals surface area contributed by atoms with Crippen molar-refractivity contribution < 1.29 is 22.4 Å². The monoisotopic (exact) mass is 403 g/mol. The summed E-state index contributed by atoms with van der Waals surface area (Å²) in [4.78, 5) is 23.5. The summed E-state index contributed by atoms with van der Waals surface area (Å²) in [7, 11) is -2.67. The molecule has 28 heavy (non-hydrogen) atoms. The third-order valence-electron chi connectivity index (χ3n) is 4.24. The van der Waals surface area contributed by atoms with Crippen LogP contribution >= 0.6 is 0 Å². The van der Waals surface area contributed by atoms with Gasteiger partial charge in [0.25, 0.3) is 21.8 Å². The van der Waals surface area contributed by atoms with Gasteiger partial charge in [0.05, 0.1) is 16.1 Å². The van der Waals surface area contributed by atoms with Gasteiger partial charge in [-0.2, -0.15) is 0 Å². The summed E-state index contributed by atoms with van der Waals surface area (Å²) in [5, 5.41) is 4.99. The Hall–Kier alpha value is -3.20. The number of benzene rings is 2. The molecule has 0 saturated heterocycles. The fourth-order valence-corrected chi connectivity index (χ4v) is 4.00. The van der Waals surface area contributed by atoms with Crippen LogP contribution in [0.15, 0.2) is 46.9 Å². The summed E-state index contributed by atoms with van der Waals surface area (Å²) in [6, 6.07) is 7.68. The Kier molecular flexibility index (Phi) is 4.95. The molecule has 2 aromatic rings. The minimum Gasteiger partial charge on any atom is -0.355 e. The summed E-state index contributed by atoms with van der Waals surface area (Å²) in [5.74, 6) is -1.75. The normalized spacial score (nSPS) is 13.0. The largest absolute Gasteiger partial charge is 0.355 e. The van der Waals surface area contributed by atoms with Gasteiger partial charge in [-0.15, -0.1) is 0 Å². The van der Waals surface area contributed by atoms with Crippen molar-refractivity contribution in [2.75, 3.05) is 17.1 Å². The first-order valence-corrected chi connectivity index (χ1v) is 9.80. The molecule has 2 aromatic carbocycles. The van der Waals surface area contributed by atoms with Gasteiger partial charge in [-0.25, -0.2) is 12.8 Å². The topological polar surface area (TPSA) is 104 Å². The van der Waals surface area contributed by atoms with E-state index in [0.717, 1.165) is 11.6 Å². The van der Waals surface area contributed by atoms with Crippen LogP contribution in [0.1, 0.15) is 29.8 Å². The molecule has 2 amide bonds. The minimum absolute atomic E-state index is 0.0257. The molecule has 146 valence electrons. The smallest absolute Gasteiger partial charge is 0.261 e. The van der Waals surface area contributed by atoms with Gasteiger partial charge in [0.1, 0.15) is 5.82 Å². The van der Waals surface area contributed by atoms with E-state index in [4.69, 9.17) is 0 Å². The zero-order valence-corrected chi connectivity index (χ0v) is 16.2. The van der Waals surface area contributed by atoms with Gasteiger partial charge in [0.2, 0.25) is 0 Å². The molecule has 0 saturated carbocycles. The van der Waals surface area contributed by atoms with Crippen LogP contribution in [0.3, 0.4) is 0 Å². The van der Waals surface area contributed by atoms with Crippen LogP contribution in [0.25, 0.3) is 5.57 Å². The lowest BCUT2D eigenvalue weighted by Gasteiger charge is -2.11. The number of allylic oxidation sites excluding steroid dienone is 1. The van der Waals surface area contributed by atoms with E-state index < -0.39 is 21.7 Å². The lowest BCUT2D eigenvalue weighted by Crippen LogP contribution is -2.19. The van der Waals surface area contributed by atoms with Gasteiger partial charge in [-0.3, -0.25) is 14.3 Å². The number of carbonyl (C=O) groups excluding carboxylic acids is 2. The first-order valence-electron chi connectivity index (χ1n) is 8.31. The first kappa shape index (κ1) is 19.6. The second-order valence-electron chi connectivity index (χ2n) is 6.42. The number of hydrogen-bond acceptors (Lipinski definition) is 4. The quantitative estimate of drug-likeness (QED) is 0.683. The number of fused-ring (bicyclic) bond motifs is 1. The highest BCUT2D eigenvalue weighted by Gasteiger charge is 2.27. The van der Waals surface area contributed by atoms with Crippen molar-refractivity contribution >= 4 is 38.8 Å². The zero-order valence-electron chi connectivity index (χ0n) is 15.4. The number of sulfonamides is 1. The van der Waals surface area contributed by atoms with Crippen molar-refractivity contribution in [1.82, 2.24) is 5.32 Å². The van der Waals surface area contributed by atoms with Crippen molar-refractivity contribution in [3.8, 4) is 0 Å². The van der Waals surface area contributed by atoms with Crippen molar-refractivity contribution in [3.05, 3.63) is 58.9 Å². The summed E-state index contributed by atoms with van der Waals surface area (Å²) in [5.41, 5.74) is 1.98. The number of halogens is 1. The standard InChI is InChI=1S/C19H18FN3O4S/c1-10(2)17-14-9-12(5-7-16(14)22-19(17)25)28(26,27)23-11-4-6-13(15(20)8-11)18(24)21-3/h4-9,23H,1-3H3,(H,21,24)(H,22,25). The molecule has 0 aliphatic carbocycles. The molecule has 0 radical (unpaired) electrons. The number of carbonyl (C=O) groups is 2. The van der Waals surface area contributed by atoms with Gasteiger partial charge >= 0.3 is 0 Å². The van der Waals surface area contributed by atoms with Crippen molar-refractivity contribution in [2.24, 2.45) is 0 Å². The molecule has 7 nitrogen and oxygen atoms in total. The molecular formula is C19H18FN3O4S. The summed E-state index contributed by atoms with van der Waals surface area (Å²) >= 11 is 0. The van der Waals surface area contributed by atoms with Crippen LogP contribution in [0.5, 0.6) is 0 Å². The molecule has 0 spiro atoms. The van der Waals surface area contributed by atoms with Crippen LogP contribution in [-0.2, 0) is 14.8 Å². The van der Waals surface area contributed by atoms with Crippen LogP contribution in [0.4, 0.5) is 15.8 Å². The Bertz CT molecular complexity index is 1140. The molecular weight excluding hydrogens is 385 g/mol. The molecule has 0 aromatic heterocycles. The Labute approximate surface area is 161 Å². The summed E-state index contributed by atoms with van der Waals surface area (Å²) < 4.78 is 41.8. The highest BCUT2D eigenvalue weighted by Crippen LogP contribution is 2.35. The van der Waals surface area contributed by atoms with Crippen molar-refractivity contribution in [2.45, 2.75) is 18.7 Å². The Morgan fingerprint density at radius 3 is 2.43 bits per heavy atom. The SMILES string of the molecule is CNC(=O)c1ccc(NS(=O)(=O)c2ccc3c(c2)C(=C(C)C)C(=O)N3)cc1F. The molecule has 0 bridgehead atoms. The zero-order chi connectivity index (χ0) is 20.6. The second kappa shape index (κ2) is 7.08. The number of amides is 2. The highest BCUT2D eigenvalue weighted by molar-refractivity contribution is 7.92. The van der Waals surface area contributed by atoms with Gasteiger partial charge in [0.15, 0.2) is 0 Å². The lowest BCUT2D eigenvalue weighted by atomic mass is 10.0. The van der Waals surface area contributed by atoms with Gasteiger partial charge in [-0.1, -0.05) is 5.57 Å². The minimum atomic E-state index is -4.04. The van der Waals surface area contributed by atoms with Gasteiger partial charge in [-0.05, 0) is 50.2 Å². The number of hydrogen-bond donors (Lipinski definition) is 3. The average molecular weight is 403 g/mol. The maximum absolute atomic E-state index is 14.1. The molecule has 3 rings (SSSR count). The Balaban J connectivity index is 1.95. The van der Waals surface area contributed by atoms with E-state index in [1.807, 2.05) is 0 Å². The summed E-state index contributed by atoms with van der Waals surface area (Å²) in [6.07, 6.45) is 0. The van der Waals surface area contributed by atoms with E-state index in [0.29, 0.717) is 16.8 Å². The van der Waals surface area contributed by atoms with Gasteiger partial charge < -0.3 is 10.6 Å². The van der Waals surface area contributed by atoms with Crippen LogP contribution in [0.2, 0.25) is 0 Å². The molecule has 3 N–H and O–H groups in total. The number of nitrogens with one attached hydrogen (secondary N) is 3. The third-order valence-corrected chi connectivity index (χ3v) is 5.62. The van der Waals surface area contributed by atoms with Crippen molar-refractivity contribution in [3.63, 3.8) is 0 Å². The van der Waals surface area contributed by atoms with E-state index in [1.165, 1.54) is 37.4 Å². The molecule has 0 fully saturated rings. The number of rotatable bonds is 4. The lowest BCUT2D eigenvalue weighted by molar-refractivity contribution is -0.110. The van der Waals surface area contributed by atoms with Gasteiger partial charge in [0, 0.05) is 23.9 Å². The van der Waals surface area contributed by atoms with E-state index in [1.54, 1.807) is 13.8 Å². The van der Waals surface area contributed by atoms with E-state index in [-0.39, 0.29) is 22.1 Å². The molecule has 0 atom stereocenters. The van der Waals surface area contributed by atoms with Crippen LogP contribution in [-0.4, -0.2) is 27.3 Å². The molecule has 1 aliphatic rings. The average Bonchev–Trinajstić information content (AvgIpc) is 2.95. The molecule has 9 heteroatoms. The first-order chi connectivity index (χ1) is 13.1. The van der Waals surface area contributed by atoms with Crippen molar-refractivity contribution in [1.29, 1.82) is 0 Å². The Morgan fingerprint density at radius 1 is 1.11 bits per heavy atom. The summed E-state index contributed by atoms with van der Waals surface area (Å²) in [6.45, 7) is 3.53. The predicted molar refractivity (Wildman–Crippen MR) is 104 cm³/mol. The van der Waals surface area contributed by atoms with E-state index in [2.05, 4.69) is 15.4 Å². The molecule has 1 aliphatic heterocycles. The molecule has 0 unspecified atom stereocenters. The highest BCUT2D eigenvalue weighted by atomic mass is 32.2. The Morgan fingerprint density at radius 2 is 1.82 bits per heavy atom. The maximum Gasteiger partial charge on any atom is 0.261 e. The van der Waals surface area contributed by atoms with E-state index in [9.17, 15) is 22.4 Å². The number of anilines is 2.